The molecule has 1 atom stereocenters. The number of aromatic nitrogens is 2. The third-order valence-electron chi connectivity index (χ3n) is 5.97. The molecule has 1 fully saturated rings. The molecular weight excluding hydrogens is 454 g/mol. The van der Waals surface area contributed by atoms with Gasteiger partial charge in [-0.3, -0.25) is 4.79 Å². The molecule has 1 aliphatic rings. The van der Waals surface area contributed by atoms with E-state index in [2.05, 4.69) is 10.5 Å². The second-order valence-corrected chi connectivity index (χ2v) is 8.74. The van der Waals surface area contributed by atoms with Gasteiger partial charge in [-0.05, 0) is 47.7 Å². The van der Waals surface area contributed by atoms with Crippen molar-refractivity contribution >= 4 is 23.0 Å². The molecule has 2 heterocycles. The van der Waals surface area contributed by atoms with Gasteiger partial charge >= 0.3 is 0 Å². The van der Waals surface area contributed by atoms with E-state index in [-0.39, 0.29) is 12.2 Å². The van der Waals surface area contributed by atoms with Crippen molar-refractivity contribution in [2.45, 2.75) is 38.6 Å². The lowest BCUT2D eigenvalue weighted by atomic mass is 10.1. The fourth-order valence-electron chi connectivity index (χ4n) is 4.07. The van der Waals surface area contributed by atoms with Gasteiger partial charge < -0.3 is 14.5 Å². The number of para-hydroxylation sites is 1. The zero-order valence-corrected chi connectivity index (χ0v) is 20.0. The zero-order valence-electron chi connectivity index (χ0n) is 20.0. The van der Waals surface area contributed by atoms with Crippen molar-refractivity contribution in [2.24, 2.45) is 0 Å². The Kier molecular flexibility index (Phi) is 7.70. The van der Waals surface area contributed by atoms with Crippen molar-refractivity contribution in [1.29, 1.82) is 0 Å². The number of ether oxygens (including phenoxy) is 2. The van der Waals surface area contributed by atoms with E-state index >= 15 is 0 Å². The lowest BCUT2D eigenvalue weighted by molar-refractivity contribution is -0.198. The van der Waals surface area contributed by atoms with Gasteiger partial charge in [0.05, 0.1) is 5.52 Å². The maximum absolute atomic E-state index is 12.0. The summed E-state index contributed by atoms with van der Waals surface area (Å²) in [4.78, 5) is 25.5. The topological polar surface area (TPSA) is 85.5 Å². The van der Waals surface area contributed by atoms with Crippen molar-refractivity contribution < 1.29 is 19.1 Å². The van der Waals surface area contributed by atoms with E-state index < -0.39 is 0 Å². The van der Waals surface area contributed by atoms with E-state index in [9.17, 15) is 4.79 Å². The molecule has 1 saturated heterocycles. The van der Waals surface area contributed by atoms with Gasteiger partial charge in [-0.15, -0.1) is 0 Å². The normalized spacial score (nSPS) is 15.8. The van der Waals surface area contributed by atoms with Crippen LogP contribution in [0.1, 0.15) is 41.8 Å². The average molecular weight is 484 g/mol. The first-order valence-corrected chi connectivity index (χ1v) is 12.2. The molecule has 7 nitrogen and oxygen atoms in total. The molecule has 0 saturated carbocycles. The number of H-pyrrole nitrogens is 1. The average Bonchev–Trinajstić information content (AvgIpc) is 3.34. The molecule has 2 N–H and O–H groups in total. The van der Waals surface area contributed by atoms with Gasteiger partial charge in [-0.25, -0.2) is 15.3 Å². The van der Waals surface area contributed by atoms with Gasteiger partial charge in [0.15, 0.2) is 6.29 Å². The van der Waals surface area contributed by atoms with E-state index in [1.165, 1.54) is 6.08 Å². The molecule has 0 aliphatic carbocycles. The number of hydroxylamine groups is 1. The number of amides is 1. The molecule has 4 aromatic rings. The van der Waals surface area contributed by atoms with Gasteiger partial charge in [0.25, 0.3) is 5.91 Å². The van der Waals surface area contributed by atoms with Crippen LogP contribution in [0.2, 0.25) is 0 Å². The zero-order chi connectivity index (χ0) is 24.6. The van der Waals surface area contributed by atoms with Crippen molar-refractivity contribution in [3.8, 4) is 5.75 Å². The number of carbonyl (C=O) groups excluding carboxylic acids is 1. The van der Waals surface area contributed by atoms with E-state index in [0.717, 1.165) is 58.6 Å². The molecule has 0 spiro atoms. The molecule has 1 aromatic heterocycles. The molecule has 0 bridgehead atoms. The summed E-state index contributed by atoms with van der Waals surface area (Å²) < 4.78 is 11.5. The number of carbonyl (C=O) groups is 1. The van der Waals surface area contributed by atoms with Crippen LogP contribution < -0.4 is 10.2 Å². The molecular formula is C29H29N3O4. The number of hydrogen-bond donors (Lipinski definition) is 2. The number of nitrogens with one attached hydrogen (secondary N) is 2. The Morgan fingerprint density at radius 3 is 2.69 bits per heavy atom. The Bertz CT molecular complexity index is 1310. The van der Waals surface area contributed by atoms with Crippen LogP contribution in [-0.2, 0) is 27.4 Å². The summed E-state index contributed by atoms with van der Waals surface area (Å²) in [5, 5.41) is 0. The van der Waals surface area contributed by atoms with Crippen molar-refractivity contribution in [3.63, 3.8) is 0 Å². The first-order valence-electron chi connectivity index (χ1n) is 12.2. The van der Waals surface area contributed by atoms with Crippen LogP contribution >= 0.6 is 0 Å². The minimum Gasteiger partial charge on any atom is -0.487 e. The van der Waals surface area contributed by atoms with Crippen LogP contribution in [0.4, 0.5) is 0 Å². The highest BCUT2D eigenvalue weighted by molar-refractivity contribution is 5.90. The summed E-state index contributed by atoms with van der Waals surface area (Å²) >= 11 is 0. The van der Waals surface area contributed by atoms with Gasteiger partial charge in [-0.2, -0.15) is 0 Å². The van der Waals surface area contributed by atoms with Crippen LogP contribution in [0.5, 0.6) is 5.75 Å². The lowest BCUT2D eigenvalue weighted by Gasteiger charge is -2.21. The van der Waals surface area contributed by atoms with Crippen LogP contribution in [0, 0.1) is 0 Å². The predicted molar refractivity (Wildman–Crippen MR) is 138 cm³/mol. The second kappa shape index (κ2) is 11.7. The third kappa shape index (κ3) is 6.38. The number of aromatic amines is 1. The largest absolute Gasteiger partial charge is 0.487 e. The van der Waals surface area contributed by atoms with Crippen molar-refractivity contribution in [3.05, 3.63) is 101 Å². The minimum atomic E-state index is -0.361. The van der Waals surface area contributed by atoms with Gasteiger partial charge in [0, 0.05) is 25.5 Å². The summed E-state index contributed by atoms with van der Waals surface area (Å²) in [7, 11) is 0. The van der Waals surface area contributed by atoms with E-state index in [1.54, 1.807) is 6.08 Å². The van der Waals surface area contributed by atoms with Crippen LogP contribution in [-0.4, -0.2) is 28.8 Å². The fourth-order valence-corrected chi connectivity index (χ4v) is 4.07. The maximum Gasteiger partial charge on any atom is 0.267 e. The smallest absolute Gasteiger partial charge is 0.267 e. The Morgan fingerprint density at radius 2 is 1.89 bits per heavy atom. The third-order valence-corrected chi connectivity index (χ3v) is 5.97. The Hall–Kier alpha value is -3.94. The van der Waals surface area contributed by atoms with Crippen molar-refractivity contribution in [2.75, 3.05) is 6.61 Å². The number of hydrogen-bond acceptors (Lipinski definition) is 5. The lowest BCUT2D eigenvalue weighted by Crippen LogP contribution is -2.32. The Morgan fingerprint density at radius 1 is 1.03 bits per heavy atom. The van der Waals surface area contributed by atoms with Gasteiger partial charge in [0.1, 0.15) is 23.7 Å². The van der Waals surface area contributed by atoms with E-state index in [1.807, 2.05) is 72.8 Å². The standard InChI is InChI=1S/C29H29N3O4/c33-27(32-36-28-11-4-5-18-34-28)17-16-21-12-14-22(15-13-21)19-26-30-24-9-6-10-25(29(24)31-26)35-20-23-7-2-1-3-8-23/h1-3,6-10,12-17,28H,4-5,11,18-20H2,(H,30,31)(H,32,33). The highest BCUT2D eigenvalue weighted by Gasteiger charge is 2.15. The molecule has 36 heavy (non-hydrogen) atoms. The minimum absolute atomic E-state index is 0.319. The molecule has 1 amide bonds. The quantitative estimate of drug-likeness (QED) is 0.249. The number of imidazole rings is 1. The molecule has 0 radical (unpaired) electrons. The number of nitrogens with zero attached hydrogens (tertiary/aromatic N) is 1. The number of benzene rings is 3. The predicted octanol–water partition coefficient (Wildman–Crippen LogP) is 5.32. The Labute approximate surface area is 210 Å². The first kappa shape index (κ1) is 23.8. The van der Waals surface area contributed by atoms with Crippen LogP contribution in [0.3, 0.4) is 0 Å². The van der Waals surface area contributed by atoms with Crippen LogP contribution in [0.15, 0.2) is 78.9 Å². The first-order chi connectivity index (χ1) is 17.7. The summed E-state index contributed by atoms with van der Waals surface area (Å²) in [5.41, 5.74) is 7.35. The van der Waals surface area contributed by atoms with E-state index in [4.69, 9.17) is 19.3 Å². The van der Waals surface area contributed by atoms with Gasteiger partial charge in [0.2, 0.25) is 0 Å². The summed E-state index contributed by atoms with van der Waals surface area (Å²) in [6.07, 6.45) is 6.37. The monoisotopic (exact) mass is 483 g/mol. The second-order valence-electron chi connectivity index (χ2n) is 8.74. The summed E-state index contributed by atoms with van der Waals surface area (Å²) in [6, 6.07) is 24.0. The summed E-state index contributed by atoms with van der Waals surface area (Å²) in [5.74, 6) is 1.31. The molecule has 1 aliphatic heterocycles. The fraction of sp³-hybridized carbons (Fsp3) is 0.241. The number of rotatable bonds is 9. The maximum atomic E-state index is 12.0. The van der Waals surface area contributed by atoms with Crippen LogP contribution in [0.25, 0.3) is 17.1 Å². The SMILES string of the molecule is O=C(C=Cc1ccc(Cc2nc3c(OCc4ccccc4)cccc3[nH]2)cc1)NOC1CCCCO1. The van der Waals surface area contributed by atoms with Crippen molar-refractivity contribution in [1.82, 2.24) is 15.4 Å². The highest BCUT2D eigenvalue weighted by atomic mass is 16.8. The number of fused-ring (bicyclic) bond motifs is 1. The molecule has 3 aromatic carbocycles. The summed E-state index contributed by atoms with van der Waals surface area (Å²) in [6.45, 7) is 1.16. The Balaban J connectivity index is 1.17. The molecule has 1 unspecified atom stereocenters. The molecule has 5 rings (SSSR count). The van der Waals surface area contributed by atoms with E-state index in [0.29, 0.717) is 19.6 Å². The molecule has 7 heteroatoms. The molecule has 184 valence electrons. The highest BCUT2D eigenvalue weighted by Crippen LogP contribution is 2.25. The van der Waals surface area contributed by atoms with Gasteiger partial charge in [-0.1, -0.05) is 60.7 Å².